The molecule has 0 amide bonds. The Bertz CT molecular complexity index is 498. The molecule has 6 N–H and O–H groups in total. The van der Waals surface area contributed by atoms with Crippen molar-refractivity contribution in [2.45, 2.75) is 0 Å². The summed E-state index contributed by atoms with van der Waals surface area (Å²) in [6, 6.07) is 3.52. The van der Waals surface area contributed by atoms with E-state index in [0.29, 0.717) is 24.6 Å². The normalized spacial score (nSPS) is 11.2. The lowest BCUT2D eigenvalue weighted by atomic mass is 10.4. The molecule has 0 aliphatic rings. The van der Waals surface area contributed by atoms with Crippen LogP contribution in [0.15, 0.2) is 18.3 Å². The van der Waals surface area contributed by atoms with Gasteiger partial charge >= 0.3 is 0 Å². The molecule has 7 heteroatoms. The highest BCUT2D eigenvalue weighted by Gasteiger charge is 2.12. The summed E-state index contributed by atoms with van der Waals surface area (Å²) < 4.78 is 1.74. The molecule has 0 aromatic carbocycles. The lowest BCUT2D eigenvalue weighted by Crippen LogP contribution is -2.41. The van der Waals surface area contributed by atoms with E-state index in [1.807, 2.05) is 6.07 Å². The number of fused-ring (bicyclic) bond motifs is 1. The molecule has 0 aliphatic heterocycles. The zero-order valence-electron chi connectivity index (χ0n) is 9.45. The van der Waals surface area contributed by atoms with Crippen molar-refractivity contribution in [2.24, 2.45) is 0 Å². The van der Waals surface area contributed by atoms with Crippen LogP contribution in [0.25, 0.3) is 5.52 Å². The van der Waals surface area contributed by atoms with E-state index in [9.17, 15) is 0 Å². The van der Waals surface area contributed by atoms with Gasteiger partial charge in [-0.15, -0.1) is 0 Å². The van der Waals surface area contributed by atoms with Crippen LogP contribution in [0.1, 0.15) is 0 Å². The Morgan fingerprint density at radius 3 is 2.41 bits per heavy atom. The molecule has 0 saturated heterocycles. The van der Waals surface area contributed by atoms with Crippen LogP contribution in [0.2, 0.25) is 0 Å². The van der Waals surface area contributed by atoms with Gasteiger partial charge in [0.25, 0.3) is 0 Å². The van der Waals surface area contributed by atoms with E-state index < -0.39 is 0 Å². The van der Waals surface area contributed by atoms with Crippen molar-refractivity contribution in [3.8, 4) is 0 Å². The van der Waals surface area contributed by atoms with Gasteiger partial charge in [0.2, 0.25) is 0 Å². The van der Waals surface area contributed by atoms with Gasteiger partial charge in [-0.2, -0.15) is 4.79 Å². The predicted octanol–water partition coefficient (Wildman–Crippen LogP) is -1.17. The minimum absolute atomic E-state index is 0.00364. The van der Waals surface area contributed by atoms with Gasteiger partial charge in [-0.05, 0) is 6.07 Å². The topological polar surface area (TPSA) is 105 Å². The third-order valence-electron chi connectivity index (χ3n) is 2.65. The third kappa shape index (κ3) is 1.90. The molecular weight excluding hydrogens is 222 g/mol. The molecule has 2 aromatic rings. The number of nitrogens with two attached hydrogens (primary N) is 2. The van der Waals surface area contributed by atoms with Crippen molar-refractivity contribution in [1.29, 1.82) is 0 Å². The minimum atomic E-state index is -0.00364. The first kappa shape index (κ1) is 11.6. The van der Waals surface area contributed by atoms with Crippen molar-refractivity contribution in [3.05, 3.63) is 18.3 Å². The molecule has 2 rings (SSSR count). The lowest BCUT2D eigenvalue weighted by Gasteiger charge is -2.25. The van der Waals surface area contributed by atoms with E-state index in [2.05, 4.69) is 0 Å². The number of hydrogen-bond donors (Lipinski definition) is 4. The molecule has 0 bridgehead atoms. The van der Waals surface area contributed by atoms with Crippen LogP contribution >= 0.6 is 0 Å². The lowest BCUT2D eigenvalue weighted by molar-refractivity contribution is 0.259. The van der Waals surface area contributed by atoms with Crippen molar-refractivity contribution < 1.29 is 10.2 Å². The molecular formula is C10H17N5O2. The second kappa shape index (κ2) is 4.56. The van der Waals surface area contributed by atoms with E-state index in [-0.39, 0.29) is 13.2 Å². The van der Waals surface area contributed by atoms with Gasteiger partial charge in [-0.3, -0.25) is 5.01 Å². The van der Waals surface area contributed by atoms with Crippen LogP contribution in [0.5, 0.6) is 0 Å². The summed E-state index contributed by atoms with van der Waals surface area (Å²) in [5, 5.41) is 19.8. The van der Waals surface area contributed by atoms with Gasteiger partial charge < -0.3 is 21.7 Å². The summed E-state index contributed by atoms with van der Waals surface area (Å²) in [5.41, 5.74) is 13.1. The smallest absolute Gasteiger partial charge is 0.127 e. The maximum absolute atomic E-state index is 9.01. The van der Waals surface area contributed by atoms with Gasteiger partial charge in [0.05, 0.1) is 37.5 Å². The maximum Gasteiger partial charge on any atom is 0.127 e. The molecule has 0 fully saturated rings. The zero-order chi connectivity index (χ0) is 12.4. The van der Waals surface area contributed by atoms with Gasteiger partial charge in [0, 0.05) is 12.3 Å². The highest BCUT2D eigenvalue weighted by molar-refractivity contribution is 5.75. The summed E-state index contributed by atoms with van der Waals surface area (Å²) in [5.74, 6) is 0.517. The molecule has 7 nitrogen and oxygen atoms in total. The van der Waals surface area contributed by atoms with E-state index in [4.69, 9.17) is 21.7 Å². The van der Waals surface area contributed by atoms with Gasteiger partial charge in [-0.25, -0.2) is 4.52 Å². The Kier molecular flexibility index (Phi) is 3.12. The summed E-state index contributed by atoms with van der Waals surface area (Å²) >= 11 is 0. The molecule has 0 unspecified atom stereocenters. The Hall–Kier alpha value is -1.86. The number of nitrogens with zero attached hydrogens (tertiary/aromatic N) is 3. The van der Waals surface area contributed by atoms with Crippen LogP contribution in [-0.2, 0) is 0 Å². The maximum atomic E-state index is 9.01. The Balaban J connectivity index is 2.45. The summed E-state index contributed by atoms with van der Waals surface area (Å²) in [6.07, 6.45) is 1.80. The molecule has 2 heterocycles. The Labute approximate surface area is 98.4 Å². The SMILES string of the molecule is Nc1cc(N)n2c1ccn2N(CCO)CCO. The number of aliphatic hydroxyl groups is 2. The number of rotatable bonds is 5. The zero-order valence-corrected chi connectivity index (χ0v) is 9.45. The number of nitrogen functional groups attached to an aromatic ring is 2. The molecule has 0 atom stereocenters. The molecule has 0 saturated carbocycles. The van der Waals surface area contributed by atoms with Crippen molar-refractivity contribution >= 4 is 17.0 Å². The van der Waals surface area contributed by atoms with Gasteiger partial charge in [-0.1, -0.05) is 0 Å². The van der Waals surface area contributed by atoms with Crippen LogP contribution in [0.4, 0.5) is 11.5 Å². The Morgan fingerprint density at radius 2 is 1.82 bits per heavy atom. The average Bonchev–Trinajstić information content (AvgIpc) is 2.82. The van der Waals surface area contributed by atoms with Gasteiger partial charge in [0.15, 0.2) is 0 Å². The fourth-order valence-corrected chi connectivity index (χ4v) is 1.92. The van der Waals surface area contributed by atoms with Gasteiger partial charge in [0.1, 0.15) is 5.82 Å². The minimum Gasteiger partial charge on any atom is -0.397 e. The van der Waals surface area contributed by atoms with Crippen molar-refractivity contribution in [1.82, 2.24) is 9.31 Å². The predicted molar refractivity (Wildman–Crippen MR) is 66.3 cm³/mol. The number of aliphatic hydroxyl groups excluding tert-OH is 2. The van der Waals surface area contributed by atoms with Crippen LogP contribution < -0.4 is 16.5 Å². The monoisotopic (exact) mass is 239 g/mol. The third-order valence-corrected chi connectivity index (χ3v) is 2.65. The number of anilines is 2. The van der Waals surface area contributed by atoms with Crippen LogP contribution in [0, 0.1) is 0 Å². The molecule has 0 aliphatic carbocycles. The number of hydrogen-bond acceptors (Lipinski definition) is 5. The quantitative estimate of drug-likeness (QED) is 0.526. The molecule has 2 aromatic heterocycles. The van der Waals surface area contributed by atoms with Crippen LogP contribution in [-0.4, -0.2) is 45.8 Å². The number of aromatic nitrogens is 2. The molecule has 17 heavy (non-hydrogen) atoms. The van der Waals surface area contributed by atoms with Crippen molar-refractivity contribution in [2.75, 3.05) is 42.8 Å². The highest BCUT2D eigenvalue weighted by atomic mass is 16.3. The summed E-state index contributed by atoms with van der Waals surface area (Å²) in [4.78, 5) is 1.74. The summed E-state index contributed by atoms with van der Waals surface area (Å²) in [7, 11) is 0. The van der Waals surface area contributed by atoms with Crippen LogP contribution in [0.3, 0.4) is 0 Å². The second-order valence-corrected chi connectivity index (χ2v) is 3.76. The fourth-order valence-electron chi connectivity index (χ4n) is 1.92. The first-order valence-electron chi connectivity index (χ1n) is 5.40. The fraction of sp³-hybridized carbons (Fsp3) is 0.400. The first-order valence-corrected chi connectivity index (χ1v) is 5.40. The van der Waals surface area contributed by atoms with Crippen molar-refractivity contribution in [3.63, 3.8) is 0 Å². The van der Waals surface area contributed by atoms with E-state index in [0.717, 1.165) is 5.52 Å². The van der Waals surface area contributed by atoms with E-state index in [1.165, 1.54) is 0 Å². The summed E-state index contributed by atoms with van der Waals surface area (Å²) in [6.45, 7) is 0.802. The Morgan fingerprint density at radius 1 is 1.18 bits per heavy atom. The first-order chi connectivity index (χ1) is 8.19. The van der Waals surface area contributed by atoms with E-state index >= 15 is 0 Å². The molecule has 0 spiro atoms. The standard InChI is InChI=1S/C10H17N5O2/c11-8-7-10(12)15-9(8)1-2-14(15)13(3-5-16)4-6-17/h1-2,7,16-17H,3-6,11-12H2. The highest BCUT2D eigenvalue weighted by Crippen LogP contribution is 2.21. The molecule has 94 valence electrons. The van der Waals surface area contributed by atoms with E-state index in [1.54, 1.807) is 26.6 Å². The average molecular weight is 239 g/mol. The second-order valence-electron chi connectivity index (χ2n) is 3.76. The molecule has 0 radical (unpaired) electrons. The largest absolute Gasteiger partial charge is 0.397 e.